The first-order valence-electron chi connectivity index (χ1n) is 5.47. The van der Waals surface area contributed by atoms with E-state index >= 15 is 0 Å². The molecule has 1 aromatic rings. The highest BCUT2D eigenvalue weighted by molar-refractivity contribution is 5.94. The molecule has 1 amide bonds. The largest absolute Gasteiger partial charge is 0.377 e. The lowest BCUT2D eigenvalue weighted by Gasteiger charge is -2.36. The maximum absolute atomic E-state index is 12.2. The summed E-state index contributed by atoms with van der Waals surface area (Å²) in [5.74, 6) is 0.0291. The molecule has 5 heteroatoms. The van der Waals surface area contributed by atoms with Crippen LogP contribution in [0.1, 0.15) is 23.2 Å². The van der Waals surface area contributed by atoms with Crippen LogP contribution in [0.25, 0.3) is 0 Å². The van der Waals surface area contributed by atoms with Crippen molar-refractivity contribution in [2.45, 2.75) is 18.4 Å². The molecule has 1 spiro atoms. The highest BCUT2D eigenvalue weighted by Gasteiger charge is 2.52. The number of morpholine rings is 1. The first-order valence-corrected chi connectivity index (χ1v) is 5.47. The van der Waals surface area contributed by atoms with E-state index in [9.17, 15) is 4.79 Å². The molecule has 0 aromatic carbocycles. The number of carbonyl (C=O) groups is 1. The van der Waals surface area contributed by atoms with Gasteiger partial charge in [-0.1, -0.05) is 0 Å². The second-order valence-corrected chi connectivity index (χ2v) is 4.36. The number of nitrogens with zero attached hydrogens (tertiary/aromatic N) is 3. The van der Waals surface area contributed by atoms with Gasteiger partial charge in [-0.25, -0.2) is 9.97 Å². The topological polar surface area (TPSA) is 55.3 Å². The molecule has 1 saturated heterocycles. The van der Waals surface area contributed by atoms with Gasteiger partial charge >= 0.3 is 0 Å². The molecule has 2 fully saturated rings. The van der Waals surface area contributed by atoms with Crippen LogP contribution in [0.3, 0.4) is 0 Å². The summed E-state index contributed by atoms with van der Waals surface area (Å²) in [6, 6.07) is 0. The summed E-state index contributed by atoms with van der Waals surface area (Å²) in [4.78, 5) is 21.9. The molecule has 0 N–H and O–H groups in total. The Kier molecular flexibility index (Phi) is 2.14. The lowest BCUT2D eigenvalue weighted by molar-refractivity contribution is -0.0118. The van der Waals surface area contributed by atoms with Crippen LogP contribution in [0, 0.1) is 0 Å². The number of rotatable bonds is 1. The average Bonchev–Trinajstić information content (AvgIpc) is 3.10. The van der Waals surface area contributed by atoms with Crippen LogP contribution in [0.5, 0.6) is 0 Å². The standard InChI is InChI=1S/C11H13N3O2/c15-10(9-5-12-8-13-6-9)14-3-4-16-7-11(14)1-2-11/h5-6,8H,1-4,7H2. The molecule has 1 aliphatic heterocycles. The van der Waals surface area contributed by atoms with Crippen molar-refractivity contribution >= 4 is 5.91 Å². The number of carbonyl (C=O) groups excluding carboxylic acids is 1. The molecule has 0 atom stereocenters. The quantitative estimate of drug-likeness (QED) is 0.689. The maximum Gasteiger partial charge on any atom is 0.257 e. The minimum atomic E-state index is -0.0226. The molecule has 2 aliphatic rings. The third-order valence-electron chi connectivity index (χ3n) is 3.28. The van der Waals surface area contributed by atoms with E-state index in [-0.39, 0.29) is 11.4 Å². The molecular weight excluding hydrogens is 206 g/mol. The zero-order valence-electron chi connectivity index (χ0n) is 8.93. The minimum Gasteiger partial charge on any atom is -0.377 e. The summed E-state index contributed by atoms with van der Waals surface area (Å²) < 4.78 is 5.44. The highest BCUT2D eigenvalue weighted by atomic mass is 16.5. The fourth-order valence-electron chi connectivity index (χ4n) is 2.17. The van der Waals surface area contributed by atoms with E-state index in [0.717, 1.165) is 12.8 Å². The first kappa shape index (κ1) is 9.72. The Morgan fingerprint density at radius 2 is 2.12 bits per heavy atom. The SMILES string of the molecule is O=C(c1cncnc1)N1CCOCC12CC2. The van der Waals surface area contributed by atoms with E-state index in [2.05, 4.69) is 9.97 Å². The van der Waals surface area contributed by atoms with Crippen LogP contribution >= 0.6 is 0 Å². The van der Waals surface area contributed by atoms with Crippen LogP contribution in [0.2, 0.25) is 0 Å². The van der Waals surface area contributed by atoms with Crippen LogP contribution < -0.4 is 0 Å². The number of ether oxygens (including phenoxy) is 1. The number of hydrogen-bond donors (Lipinski definition) is 0. The van der Waals surface area contributed by atoms with Gasteiger partial charge in [0.25, 0.3) is 5.91 Å². The van der Waals surface area contributed by atoms with Crippen molar-refractivity contribution in [2.75, 3.05) is 19.8 Å². The molecule has 2 heterocycles. The van der Waals surface area contributed by atoms with Crippen LogP contribution in [-0.2, 0) is 4.74 Å². The van der Waals surface area contributed by atoms with Crippen molar-refractivity contribution in [1.29, 1.82) is 0 Å². The summed E-state index contributed by atoms with van der Waals surface area (Å²) in [5, 5.41) is 0. The van der Waals surface area contributed by atoms with Gasteiger partial charge in [-0.3, -0.25) is 4.79 Å². The molecule has 1 aliphatic carbocycles. The molecular formula is C11H13N3O2. The Hall–Kier alpha value is -1.49. The lowest BCUT2D eigenvalue weighted by atomic mass is 10.1. The minimum absolute atomic E-state index is 0.0226. The van der Waals surface area contributed by atoms with Gasteiger partial charge in [-0.05, 0) is 12.8 Å². The third kappa shape index (κ3) is 1.48. The van der Waals surface area contributed by atoms with Crippen molar-refractivity contribution in [3.63, 3.8) is 0 Å². The Labute approximate surface area is 93.4 Å². The smallest absolute Gasteiger partial charge is 0.257 e. The lowest BCUT2D eigenvalue weighted by Crippen LogP contribution is -2.50. The van der Waals surface area contributed by atoms with Gasteiger partial charge in [-0.2, -0.15) is 0 Å². The van der Waals surface area contributed by atoms with Crippen molar-refractivity contribution in [3.8, 4) is 0 Å². The zero-order chi connectivity index (χ0) is 11.0. The predicted molar refractivity (Wildman–Crippen MR) is 55.9 cm³/mol. The Bertz CT molecular complexity index is 403. The zero-order valence-corrected chi connectivity index (χ0v) is 8.93. The molecule has 1 saturated carbocycles. The predicted octanol–water partition coefficient (Wildman–Crippen LogP) is 0.482. The summed E-state index contributed by atoms with van der Waals surface area (Å²) in [7, 11) is 0. The van der Waals surface area contributed by atoms with E-state index in [1.807, 2.05) is 4.90 Å². The number of amides is 1. The van der Waals surface area contributed by atoms with Crippen molar-refractivity contribution in [3.05, 3.63) is 24.3 Å². The van der Waals surface area contributed by atoms with E-state index in [0.29, 0.717) is 25.3 Å². The van der Waals surface area contributed by atoms with Crippen LogP contribution in [0.4, 0.5) is 0 Å². The number of hydrogen-bond acceptors (Lipinski definition) is 4. The monoisotopic (exact) mass is 219 g/mol. The second-order valence-electron chi connectivity index (χ2n) is 4.36. The summed E-state index contributed by atoms with van der Waals surface area (Å²) in [6.07, 6.45) is 6.67. The van der Waals surface area contributed by atoms with Gasteiger partial charge in [0.2, 0.25) is 0 Å². The Morgan fingerprint density at radius 3 is 2.81 bits per heavy atom. The fourth-order valence-corrected chi connectivity index (χ4v) is 2.17. The Morgan fingerprint density at radius 1 is 1.38 bits per heavy atom. The highest BCUT2D eigenvalue weighted by Crippen LogP contribution is 2.44. The van der Waals surface area contributed by atoms with Crippen molar-refractivity contribution < 1.29 is 9.53 Å². The molecule has 0 radical (unpaired) electrons. The Balaban J connectivity index is 1.84. The molecule has 84 valence electrons. The van der Waals surface area contributed by atoms with Crippen LogP contribution in [0.15, 0.2) is 18.7 Å². The summed E-state index contributed by atoms with van der Waals surface area (Å²) >= 11 is 0. The van der Waals surface area contributed by atoms with E-state index in [1.54, 1.807) is 12.4 Å². The van der Waals surface area contributed by atoms with Gasteiger partial charge in [-0.15, -0.1) is 0 Å². The third-order valence-corrected chi connectivity index (χ3v) is 3.28. The van der Waals surface area contributed by atoms with Gasteiger partial charge in [0, 0.05) is 18.9 Å². The second kappa shape index (κ2) is 3.52. The van der Waals surface area contributed by atoms with E-state index in [4.69, 9.17) is 4.74 Å². The van der Waals surface area contributed by atoms with Gasteiger partial charge < -0.3 is 9.64 Å². The van der Waals surface area contributed by atoms with E-state index in [1.165, 1.54) is 6.33 Å². The molecule has 5 nitrogen and oxygen atoms in total. The van der Waals surface area contributed by atoms with Crippen molar-refractivity contribution in [1.82, 2.24) is 14.9 Å². The van der Waals surface area contributed by atoms with Gasteiger partial charge in [0.15, 0.2) is 0 Å². The molecule has 3 rings (SSSR count). The van der Waals surface area contributed by atoms with E-state index < -0.39 is 0 Å². The molecule has 0 unspecified atom stereocenters. The average molecular weight is 219 g/mol. The van der Waals surface area contributed by atoms with Gasteiger partial charge in [0.1, 0.15) is 6.33 Å². The maximum atomic E-state index is 12.2. The van der Waals surface area contributed by atoms with Crippen LogP contribution in [-0.4, -0.2) is 46.1 Å². The summed E-state index contributed by atoms with van der Waals surface area (Å²) in [5.41, 5.74) is 0.543. The normalized spacial score (nSPS) is 22.1. The molecule has 1 aromatic heterocycles. The van der Waals surface area contributed by atoms with Crippen molar-refractivity contribution in [2.24, 2.45) is 0 Å². The molecule has 0 bridgehead atoms. The molecule has 16 heavy (non-hydrogen) atoms. The summed E-state index contributed by atoms with van der Waals surface area (Å²) in [6.45, 7) is 1.97. The van der Waals surface area contributed by atoms with Gasteiger partial charge in [0.05, 0.1) is 24.3 Å². The number of aromatic nitrogens is 2. The first-order chi connectivity index (χ1) is 7.82. The fraction of sp³-hybridized carbons (Fsp3) is 0.545.